The molecule has 1 aromatic rings. The highest BCUT2D eigenvalue weighted by Gasteiger charge is 2.68. The van der Waals surface area contributed by atoms with Crippen molar-refractivity contribution >= 4 is 24.9 Å². The van der Waals surface area contributed by atoms with E-state index in [0.717, 1.165) is 24.0 Å². The number of ether oxygens (including phenoxy) is 1. The Bertz CT molecular complexity index is 1240. The van der Waals surface area contributed by atoms with Gasteiger partial charge in [0.1, 0.15) is 11.8 Å². The van der Waals surface area contributed by atoms with Gasteiger partial charge in [0.15, 0.2) is 6.61 Å². The number of carbonyl (C=O) groups excluding carboxylic acids is 2. The summed E-state index contributed by atoms with van der Waals surface area (Å²) < 4.78 is 18.9. The van der Waals surface area contributed by atoms with Crippen LogP contribution in [0.1, 0.15) is 77.8 Å². The summed E-state index contributed by atoms with van der Waals surface area (Å²) in [6, 6.07) is 4.76. The molecule has 5 N–H and O–H groups in total. The number of aliphatic imine (C=N–C) groups is 1. The van der Waals surface area contributed by atoms with E-state index in [1.54, 1.807) is 0 Å². The molecule has 1 aromatic carbocycles. The van der Waals surface area contributed by atoms with E-state index in [-0.39, 0.29) is 48.9 Å². The van der Waals surface area contributed by atoms with E-state index in [9.17, 15) is 14.5 Å². The Hall–Kier alpha value is -3.19. The summed E-state index contributed by atoms with van der Waals surface area (Å²) in [4.78, 5) is 41.1. The summed E-state index contributed by atoms with van der Waals surface area (Å²) in [7, 11) is -0.581. The SMILES string of the molecule is Cc1ccc(OCC(=O)N[C@@H](CCCN=C(N)NN=O)C(=O)N[C@@H](CC(C)C)B2O[C@@H]3C[C@@H]4C[C@@H](C4(C)C)[C@]3(C)O2)cc1C. The average molecular weight is 613 g/mol. The zero-order valence-electron chi connectivity index (χ0n) is 27.1. The fourth-order valence-electron chi connectivity index (χ4n) is 7.13. The lowest BCUT2D eigenvalue weighted by Crippen LogP contribution is -2.65. The zero-order chi connectivity index (χ0) is 32.2. The number of nitrogens with one attached hydrogen (secondary N) is 3. The van der Waals surface area contributed by atoms with E-state index in [2.05, 4.69) is 55.5 Å². The highest BCUT2D eigenvalue weighted by atomic mass is 16.7. The van der Waals surface area contributed by atoms with Crippen LogP contribution in [-0.4, -0.2) is 61.7 Å². The van der Waals surface area contributed by atoms with Crippen LogP contribution in [0.15, 0.2) is 28.5 Å². The summed E-state index contributed by atoms with van der Waals surface area (Å²) in [5, 5.41) is 8.49. The molecule has 242 valence electrons. The second-order valence-electron chi connectivity index (χ2n) is 13.8. The molecule has 13 heteroatoms. The van der Waals surface area contributed by atoms with Crippen molar-refractivity contribution in [3.05, 3.63) is 34.2 Å². The van der Waals surface area contributed by atoms with Crippen molar-refractivity contribution in [2.24, 2.45) is 39.2 Å². The third-order valence-electron chi connectivity index (χ3n) is 9.94. The molecular formula is C31H49BN6O6. The third-order valence-corrected chi connectivity index (χ3v) is 9.94. The van der Waals surface area contributed by atoms with Gasteiger partial charge in [-0.25, -0.2) is 5.43 Å². The van der Waals surface area contributed by atoms with E-state index >= 15 is 0 Å². The maximum Gasteiger partial charge on any atom is 0.481 e. The number of carbonyl (C=O) groups is 2. The maximum atomic E-state index is 13.8. The highest BCUT2D eigenvalue weighted by Crippen LogP contribution is 2.65. The van der Waals surface area contributed by atoms with Crippen molar-refractivity contribution in [3.63, 3.8) is 0 Å². The molecule has 4 aliphatic rings. The third kappa shape index (κ3) is 7.54. The molecule has 12 nitrogen and oxygen atoms in total. The number of rotatable bonds is 14. The molecule has 2 bridgehead atoms. The van der Waals surface area contributed by atoms with Crippen LogP contribution in [-0.2, 0) is 18.9 Å². The summed E-state index contributed by atoms with van der Waals surface area (Å²) >= 11 is 0. The molecule has 3 aliphatic carbocycles. The van der Waals surface area contributed by atoms with Crippen molar-refractivity contribution in [2.75, 3.05) is 13.2 Å². The molecular weight excluding hydrogens is 563 g/mol. The summed E-state index contributed by atoms with van der Waals surface area (Å²) in [5.41, 5.74) is 9.61. The van der Waals surface area contributed by atoms with E-state index in [0.29, 0.717) is 30.4 Å². The van der Waals surface area contributed by atoms with Gasteiger partial charge in [-0.2, -0.15) is 0 Å². The first kappa shape index (κ1) is 33.7. The van der Waals surface area contributed by atoms with Gasteiger partial charge in [0.25, 0.3) is 5.91 Å². The van der Waals surface area contributed by atoms with Crippen LogP contribution in [0.2, 0.25) is 0 Å². The highest BCUT2D eigenvalue weighted by molar-refractivity contribution is 6.48. The van der Waals surface area contributed by atoms with E-state index in [4.69, 9.17) is 19.8 Å². The van der Waals surface area contributed by atoms with E-state index in [1.165, 1.54) is 0 Å². The first-order valence-corrected chi connectivity index (χ1v) is 15.8. The van der Waals surface area contributed by atoms with Gasteiger partial charge in [-0.15, -0.1) is 4.91 Å². The largest absolute Gasteiger partial charge is 0.484 e. The van der Waals surface area contributed by atoms with E-state index < -0.39 is 30.6 Å². The number of nitrogens with zero attached hydrogens (tertiary/aromatic N) is 2. The summed E-state index contributed by atoms with van der Waals surface area (Å²) in [5.74, 6) is 0.594. The number of nitroso groups, excluding NO2 is 1. The second kappa shape index (κ2) is 13.8. The molecule has 3 saturated carbocycles. The molecule has 0 radical (unpaired) electrons. The van der Waals surface area contributed by atoms with Crippen molar-refractivity contribution in [3.8, 4) is 5.75 Å². The van der Waals surface area contributed by atoms with Gasteiger partial charge < -0.3 is 30.4 Å². The molecule has 5 rings (SSSR count). The zero-order valence-corrected chi connectivity index (χ0v) is 27.1. The Balaban J connectivity index is 1.43. The first-order chi connectivity index (χ1) is 20.7. The molecule has 1 heterocycles. The lowest BCUT2D eigenvalue weighted by atomic mass is 9.43. The van der Waals surface area contributed by atoms with Crippen molar-refractivity contribution in [1.29, 1.82) is 0 Å². The Morgan fingerprint density at radius 3 is 2.57 bits per heavy atom. The fourth-order valence-corrected chi connectivity index (χ4v) is 7.13. The Kier molecular flexibility index (Phi) is 10.6. The smallest absolute Gasteiger partial charge is 0.481 e. The molecule has 0 aromatic heterocycles. The van der Waals surface area contributed by atoms with Crippen LogP contribution >= 0.6 is 0 Å². The van der Waals surface area contributed by atoms with Gasteiger partial charge >= 0.3 is 7.12 Å². The lowest BCUT2D eigenvalue weighted by molar-refractivity contribution is -0.199. The fraction of sp³-hybridized carbons (Fsp3) is 0.710. The van der Waals surface area contributed by atoms with Gasteiger partial charge in [0.2, 0.25) is 11.9 Å². The standard InChI is InChI=1S/C31H49BN6O6/c1-18(2)13-26(32-43-25-16-21-15-24(30(21,5)6)31(25,7)44-32)36-28(40)23(9-8-12-34-29(33)37-38-41)35-27(39)17-42-22-11-10-19(3)20(4)14-22/h10-11,14,18,21,23-26H,8-9,12-13,15-17H2,1-7H3,(H,35,39)(H,36,40)(H3,33,34,37,41)/t21-,23-,24-,25+,26-,31-/m0/s1. The van der Waals surface area contributed by atoms with Gasteiger partial charge in [0.05, 0.1) is 22.9 Å². The quantitative estimate of drug-likeness (QED) is 0.0620. The van der Waals surface area contributed by atoms with Gasteiger partial charge in [-0.1, -0.05) is 33.8 Å². The topological polar surface area (TPSA) is 166 Å². The minimum Gasteiger partial charge on any atom is -0.484 e. The molecule has 6 atom stereocenters. The van der Waals surface area contributed by atoms with Crippen molar-refractivity contribution in [1.82, 2.24) is 16.1 Å². The molecule has 1 saturated heterocycles. The predicted octanol–water partition coefficient (Wildman–Crippen LogP) is 3.33. The van der Waals surface area contributed by atoms with Gasteiger partial charge in [-0.3, -0.25) is 14.6 Å². The summed E-state index contributed by atoms with van der Waals surface area (Å²) in [6.45, 7) is 15.0. The normalized spacial score (nSPS) is 26.7. The molecule has 0 spiro atoms. The van der Waals surface area contributed by atoms with Crippen LogP contribution in [0.4, 0.5) is 0 Å². The number of nitrogens with two attached hydrogens (primary N) is 1. The Labute approximate surface area is 261 Å². The number of hydrogen-bond donors (Lipinski definition) is 4. The summed E-state index contributed by atoms with van der Waals surface area (Å²) in [6.07, 6.45) is 3.44. The molecule has 2 amide bonds. The van der Waals surface area contributed by atoms with Crippen LogP contribution in [0.5, 0.6) is 5.75 Å². The van der Waals surface area contributed by atoms with Gasteiger partial charge in [-0.05, 0) is 99.3 Å². The molecule has 0 unspecified atom stereocenters. The minimum absolute atomic E-state index is 0.00770. The Morgan fingerprint density at radius 1 is 1.16 bits per heavy atom. The Morgan fingerprint density at radius 2 is 1.91 bits per heavy atom. The number of benzene rings is 1. The van der Waals surface area contributed by atoms with Crippen LogP contribution < -0.4 is 26.5 Å². The van der Waals surface area contributed by atoms with Crippen LogP contribution in [0.3, 0.4) is 0 Å². The monoisotopic (exact) mass is 612 g/mol. The lowest BCUT2D eigenvalue weighted by Gasteiger charge is -2.64. The molecule has 44 heavy (non-hydrogen) atoms. The first-order valence-electron chi connectivity index (χ1n) is 15.8. The van der Waals surface area contributed by atoms with Crippen molar-refractivity contribution < 1.29 is 23.6 Å². The number of guanidine groups is 1. The van der Waals surface area contributed by atoms with Crippen LogP contribution in [0.25, 0.3) is 0 Å². The minimum atomic E-state index is -0.861. The second-order valence-corrected chi connectivity index (χ2v) is 13.8. The van der Waals surface area contributed by atoms with Gasteiger partial charge in [0, 0.05) is 6.54 Å². The van der Waals surface area contributed by atoms with E-state index in [1.807, 2.05) is 37.5 Å². The average Bonchev–Trinajstić information content (AvgIpc) is 3.32. The molecule has 1 aliphatic heterocycles. The van der Waals surface area contributed by atoms with Crippen molar-refractivity contribution in [2.45, 2.75) is 104 Å². The molecule has 4 fully saturated rings. The number of amides is 2. The van der Waals surface area contributed by atoms with Crippen LogP contribution in [0, 0.1) is 41.9 Å². The predicted molar refractivity (Wildman–Crippen MR) is 169 cm³/mol. The maximum absolute atomic E-state index is 13.8. The number of aryl methyl sites for hydroxylation is 2. The number of hydrogen-bond acceptors (Lipinski definition) is 8.